The van der Waals surface area contributed by atoms with E-state index in [9.17, 15) is 4.79 Å². The van der Waals surface area contributed by atoms with Gasteiger partial charge in [-0.1, -0.05) is 168 Å². The first-order valence-corrected chi connectivity index (χ1v) is 24.7. The largest absolute Gasteiger partial charge is 0.354 e. The maximum Gasteiger partial charge on any atom is 0.165 e. The molecule has 5 heterocycles. The average Bonchev–Trinajstić information content (AvgIpc) is 4.12. The van der Waals surface area contributed by atoms with Crippen LogP contribution >= 0.6 is 0 Å². The number of rotatable bonds is 3. The van der Waals surface area contributed by atoms with Crippen LogP contribution in [0.5, 0.6) is 0 Å². The third-order valence-corrected chi connectivity index (χ3v) is 14.4. The molecular formula is C64H66N4O. The minimum Gasteiger partial charge on any atom is -0.354 e. The Labute approximate surface area is 408 Å². The van der Waals surface area contributed by atoms with E-state index in [1.165, 1.54) is 33.4 Å². The number of nitrogens with zero attached hydrogens (tertiary/aromatic N) is 2. The molecule has 5 nitrogen and oxygen atoms in total. The molecule has 0 unspecified atom stereocenters. The lowest BCUT2D eigenvalue weighted by molar-refractivity contribution is -0.113. The van der Waals surface area contributed by atoms with Gasteiger partial charge in [-0.2, -0.15) is 0 Å². The van der Waals surface area contributed by atoms with Crippen LogP contribution in [0, 0.1) is 6.92 Å². The van der Waals surface area contributed by atoms with Gasteiger partial charge < -0.3 is 9.97 Å². The molecule has 2 aliphatic heterocycles. The highest BCUT2D eigenvalue weighted by atomic mass is 16.1. The highest BCUT2D eigenvalue weighted by molar-refractivity contribution is 6.28. The molecule has 3 aliphatic rings. The summed E-state index contributed by atoms with van der Waals surface area (Å²) in [6, 6.07) is 40.2. The molecule has 0 fully saturated rings. The van der Waals surface area contributed by atoms with Crippen LogP contribution in [0.15, 0.2) is 109 Å². The number of aryl methyl sites for hydroxylation is 2. The predicted octanol–water partition coefficient (Wildman–Crippen LogP) is 16.7. The Kier molecular flexibility index (Phi) is 10.9. The lowest BCUT2D eigenvalue weighted by atomic mass is 9.79. The summed E-state index contributed by atoms with van der Waals surface area (Å²) >= 11 is 0. The Hall–Kier alpha value is -6.85. The van der Waals surface area contributed by atoms with Gasteiger partial charge in [-0.15, -0.1) is 0 Å². The van der Waals surface area contributed by atoms with Gasteiger partial charge in [-0.25, -0.2) is 9.97 Å². The van der Waals surface area contributed by atoms with Crippen LogP contribution in [-0.4, -0.2) is 25.7 Å². The second kappa shape index (κ2) is 16.4. The summed E-state index contributed by atoms with van der Waals surface area (Å²) in [6.07, 6.45) is 7.42. The van der Waals surface area contributed by atoms with Gasteiger partial charge in [0.15, 0.2) is 5.78 Å². The number of hydrogen-bond donors (Lipinski definition) is 2. The smallest absolute Gasteiger partial charge is 0.165 e. The first-order chi connectivity index (χ1) is 32.5. The third kappa shape index (κ3) is 8.45. The van der Waals surface area contributed by atoms with Gasteiger partial charge in [0.2, 0.25) is 0 Å². The molecule has 348 valence electrons. The number of nitrogens with one attached hydrogen (secondary N) is 2. The molecule has 0 radical (unpaired) electrons. The molecule has 0 spiro atoms. The molecule has 69 heavy (non-hydrogen) atoms. The quantitative estimate of drug-likeness (QED) is 0.185. The number of fused-ring (bicyclic) bond motifs is 10. The van der Waals surface area contributed by atoms with Crippen LogP contribution in [0.2, 0.25) is 0 Å². The second-order valence-electron chi connectivity index (χ2n) is 23.7. The summed E-state index contributed by atoms with van der Waals surface area (Å²) in [7, 11) is 0. The highest BCUT2D eigenvalue weighted by Crippen LogP contribution is 2.45. The molecule has 0 amide bonds. The van der Waals surface area contributed by atoms with E-state index in [1.54, 1.807) is 0 Å². The van der Waals surface area contributed by atoms with E-state index in [1.807, 2.05) is 0 Å². The van der Waals surface area contributed by atoms with Crippen LogP contribution < -0.4 is 0 Å². The maximum absolute atomic E-state index is 14.8. The molecule has 7 aromatic rings. The van der Waals surface area contributed by atoms with Crippen LogP contribution in [0.4, 0.5) is 0 Å². The number of Topliss-reactive ketones (excluding diaryl/α,β-unsaturated/α-hetero) is 1. The van der Waals surface area contributed by atoms with Crippen molar-refractivity contribution in [2.24, 2.45) is 0 Å². The number of ketones is 1. The van der Waals surface area contributed by atoms with E-state index >= 15 is 0 Å². The Morgan fingerprint density at radius 1 is 0.420 bits per heavy atom. The first-order valence-electron chi connectivity index (χ1n) is 24.7. The minimum absolute atomic E-state index is 0.00125. The topological polar surface area (TPSA) is 74.4 Å². The Balaban J connectivity index is 1.39. The Morgan fingerprint density at radius 3 is 1.22 bits per heavy atom. The second-order valence-corrected chi connectivity index (χ2v) is 23.7. The number of hydrogen-bond acceptors (Lipinski definition) is 3. The zero-order chi connectivity index (χ0) is 48.9. The first kappa shape index (κ1) is 45.9. The highest BCUT2D eigenvalue weighted by Gasteiger charge is 2.31. The van der Waals surface area contributed by atoms with Crippen molar-refractivity contribution in [3.63, 3.8) is 0 Å². The van der Waals surface area contributed by atoms with Crippen molar-refractivity contribution >= 4 is 51.7 Å². The number of aromatic amines is 2. The maximum atomic E-state index is 14.8. The van der Waals surface area contributed by atoms with E-state index < -0.39 is 0 Å². The van der Waals surface area contributed by atoms with E-state index in [0.29, 0.717) is 24.1 Å². The van der Waals surface area contributed by atoms with Crippen LogP contribution in [0.1, 0.15) is 146 Å². The number of benzene rings is 4. The summed E-state index contributed by atoms with van der Waals surface area (Å²) in [4.78, 5) is 34.0. The zero-order valence-corrected chi connectivity index (χ0v) is 42.8. The fourth-order valence-electron chi connectivity index (χ4n) is 10.3. The van der Waals surface area contributed by atoms with Crippen LogP contribution in [0.25, 0.3) is 90.4 Å². The molecule has 0 atom stereocenters. The van der Waals surface area contributed by atoms with E-state index in [-0.39, 0.29) is 27.4 Å². The number of carbonyl (C=O) groups excluding carboxylic acids is 1. The Morgan fingerprint density at radius 2 is 0.812 bits per heavy atom. The minimum atomic E-state index is -0.0694. The van der Waals surface area contributed by atoms with Gasteiger partial charge in [-0.05, 0) is 133 Å². The van der Waals surface area contributed by atoms with Gasteiger partial charge in [0.05, 0.1) is 22.8 Å². The lowest BCUT2D eigenvalue weighted by Crippen LogP contribution is -2.14. The predicted molar refractivity (Wildman–Crippen MR) is 292 cm³/mol. The number of carbonyl (C=O) groups is 1. The molecule has 8 bridgehead atoms. The molecule has 5 heteroatoms. The molecule has 2 N–H and O–H groups in total. The molecule has 10 rings (SSSR count). The van der Waals surface area contributed by atoms with E-state index in [4.69, 9.17) is 9.97 Å². The molecule has 0 saturated heterocycles. The van der Waals surface area contributed by atoms with Crippen molar-refractivity contribution in [2.45, 2.75) is 125 Å². The molecule has 3 aromatic heterocycles. The average molecular weight is 907 g/mol. The number of aromatic nitrogens is 4. The number of H-pyrrole nitrogens is 2. The van der Waals surface area contributed by atoms with Gasteiger partial charge in [0, 0.05) is 56.3 Å². The molecule has 1 aliphatic carbocycles. The summed E-state index contributed by atoms with van der Waals surface area (Å²) < 4.78 is 0. The summed E-state index contributed by atoms with van der Waals surface area (Å²) in [5.41, 5.74) is 23.0. The monoisotopic (exact) mass is 907 g/mol. The third-order valence-electron chi connectivity index (χ3n) is 14.4. The van der Waals surface area contributed by atoms with Crippen molar-refractivity contribution in [3.05, 3.63) is 165 Å². The number of allylic oxidation sites excluding steroid dienone is 1. The van der Waals surface area contributed by atoms with Crippen molar-refractivity contribution in [3.8, 4) is 44.5 Å². The molecule has 0 saturated carbocycles. The SMILES string of the molecule is Cc1cc(C(C)(C)C)cc2c1-c1c3nc(c(-c4ccc(C(C)(C)C)cc4)c4ccc([nH]4)c(-c4ccc(C(C)(C)C)cc4)c4nc(c(-c5ccc(C(C)(C)C)cc5)c5ccc1[nH]5)C=C4)C=C3C(=O)CC2. The van der Waals surface area contributed by atoms with E-state index in [0.717, 1.165) is 83.7 Å². The van der Waals surface area contributed by atoms with Crippen molar-refractivity contribution in [1.82, 2.24) is 19.9 Å². The van der Waals surface area contributed by atoms with Gasteiger partial charge in [-0.3, -0.25) is 4.79 Å². The standard InChI is InChI=1S/C64H66N4O/c1-37-34-45(64(11,12)13)35-41-20-33-54(69)46-36-53-58(40-18-25-44(26-19-40)63(8,9)10)51-30-29-49(66-51)56(38-14-21-42(22-15-38)61(2,3)4)47-27-28-48(65-47)57(39-16-23-43(24-17-39)62(5,6)7)50-31-32-52(67-50)59(55(37)41)60(46)68-53/h14-19,21-32,34-36,66-67H,20,33H2,1-13H3. The Bertz CT molecular complexity index is 3450. The van der Waals surface area contributed by atoms with Crippen LogP contribution in [0.3, 0.4) is 0 Å². The summed E-state index contributed by atoms with van der Waals surface area (Å²) in [5, 5.41) is 0. The molecular weight excluding hydrogens is 841 g/mol. The summed E-state index contributed by atoms with van der Waals surface area (Å²) in [5.74, 6) is 0.0960. The van der Waals surface area contributed by atoms with Gasteiger partial charge >= 0.3 is 0 Å². The van der Waals surface area contributed by atoms with E-state index in [2.05, 4.69) is 227 Å². The van der Waals surface area contributed by atoms with Crippen LogP contribution in [-0.2, 0) is 32.9 Å². The zero-order valence-electron chi connectivity index (χ0n) is 42.8. The van der Waals surface area contributed by atoms with Crippen molar-refractivity contribution in [1.29, 1.82) is 0 Å². The van der Waals surface area contributed by atoms with Crippen molar-refractivity contribution < 1.29 is 4.79 Å². The fourth-order valence-corrected chi connectivity index (χ4v) is 10.3. The normalized spacial score (nSPS) is 14.1. The molecule has 4 aromatic carbocycles. The van der Waals surface area contributed by atoms with Crippen molar-refractivity contribution in [2.75, 3.05) is 0 Å². The van der Waals surface area contributed by atoms with Gasteiger partial charge in [0.25, 0.3) is 0 Å². The lowest BCUT2D eigenvalue weighted by Gasteiger charge is -2.25. The fraction of sp³-hybridized carbons (Fsp3) is 0.297. The summed E-state index contributed by atoms with van der Waals surface area (Å²) in [6.45, 7) is 29.3. The van der Waals surface area contributed by atoms with Gasteiger partial charge in [0.1, 0.15) is 0 Å².